The summed E-state index contributed by atoms with van der Waals surface area (Å²) in [6, 6.07) is 21.0. The Labute approximate surface area is 257 Å². The molecule has 0 amide bonds. The molecule has 7 rings (SSSR count). The van der Waals surface area contributed by atoms with Gasteiger partial charge in [0.25, 0.3) is 0 Å². The number of hydrogen-bond acceptors (Lipinski definition) is 8. The van der Waals surface area contributed by atoms with Crippen molar-refractivity contribution in [3.05, 3.63) is 84.3 Å². The molecular weight excluding hydrogens is 552 g/mol. The Morgan fingerprint density at radius 3 is 2.64 bits per heavy atom. The molecule has 0 spiro atoms. The van der Waals surface area contributed by atoms with Crippen LogP contribution in [0.5, 0.6) is 5.75 Å². The third-order valence-corrected chi connectivity index (χ3v) is 9.46. The summed E-state index contributed by atoms with van der Waals surface area (Å²) in [5.41, 5.74) is 10.3. The van der Waals surface area contributed by atoms with Crippen LogP contribution < -0.4 is 15.8 Å². The number of aromatic nitrogens is 4. The number of nitrogens with zero attached hydrogens (tertiary/aromatic N) is 4. The Balaban J connectivity index is 1.12. The first-order chi connectivity index (χ1) is 21.1. The molecular formula is C35H40N6O3. The quantitative estimate of drug-likeness (QED) is 0.201. The van der Waals surface area contributed by atoms with Crippen LogP contribution in [0.1, 0.15) is 63.6 Å². The summed E-state index contributed by atoms with van der Waals surface area (Å²) in [6.07, 6.45) is 5.31. The highest BCUT2D eigenvalue weighted by atomic mass is 16.8. The molecule has 228 valence electrons. The smallest absolute Gasteiger partial charge is 0.163 e. The van der Waals surface area contributed by atoms with Gasteiger partial charge in [-0.15, -0.1) is 0 Å². The number of anilines is 2. The highest BCUT2D eigenvalue weighted by molar-refractivity contribution is 5.86. The van der Waals surface area contributed by atoms with Gasteiger partial charge in [-0.1, -0.05) is 38.1 Å². The third kappa shape index (κ3) is 5.14. The van der Waals surface area contributed by atoms with Gasteiger partial charge in [-0.25, -0.2) is 15.0 Å². The van der Waals surface area contributed by atoms with Crippen molar-refractivity contribution >= 4 is 33.6 Å². The van der Waals surface area contributed by atoms with Gasteiger partial charge >= 0.3 is 0 Å². The molecule has 4 heterocycles. The monoisotopic (exact) mass is 592 g/mol. The van der Waals surface area contributed by atoms with Crippen molar-refractivity contribution < 1.29 is 14.2 Å². The summed E-state index contributed by atoms with van der Waals surface area (Å²) in [4.78, 5) is 13.7. The van der Waals surface area contributed by atoms with Crippen molar-refractivity contribution in [2.75, 3.05) is 18.2 Å². The third-order valence-electron chi connectivity index (χ3n) is 9.46. The number of nitrogen functional groups attached to an aromatic ring is 1. The van der Waals surface area contributed by atoms with Gasteiger partial charge in [-0.05, 0) is 85.5 Å². The highest BCUT2D eigenvalue weighted by Gasteiger charge is 2.60. The van der Waals surface area contributed by atoms with Gasteiger partial charge < -0.3 is 29.8 Å². The van der Waals surface area contributed by atoms with E-state index in [4.69, 9.17) is 24.9 Å². The first kappa shape index (κ1) is 28.6. The number of rotatable bonds is 8. The first-order valence-corrected chi connectivity index (χ1v) is 15.3. The minimum Gasteiger partial charge on any atom is -0.497 e. The van der Waals surface area contributed by atoms with E-state index in [2.05, 4.69) is 76.3 Å². The van der Waals surface area contributed by atoms with Gasteiger partial charge in [0.15, 0.2) is 5.79 Å². The Morgan fingerprint density at radius 1 is 1.05 bits per heavy atom. The molecule has 1 unspecified atom stereocenters. The van der Waals surface area contributed by atoms with Gasteiger partial charge in [0.2, 0.25) is 0 Å². The molecule has 0 radical (unpaired) electrons. The molecule has 44 heavy (non-hydrogen) atoms. The molecule has 9 heteroatoms. The maximum atomic E-state index is 6.63. The molecule has 2 aromatic carbocycles. The van der Waals surface area contributed by atoms with E-state index in [9.17, 15) is 0 Å². The number of pyridine rings is 1. The van der Waals surface area contributed by atoms with Crippen LogP contribution in [0, 0.1) is 5.41 Å². The lowest BCUT2D eigenvalue weighted by molar-refractivity contribution is -0.168. The van der Waals surface area contributed by atoms with E-state index in [0.29, 0.717) is 12.4 Å². The molecule has 1 aliphatic carbocycles. The standard InChI is InChI=1S/C35H40N6O3/c1-21(24-9-8-23-10-13-29(40-27(23)16-24)37-19-22-6-11-25(42-5)12-7-22)17-35(4)18-28(30-31(35)44-34(2,3)43-30)41-15-14-26-32(36)38-20-39-33(26)41/h6-16,20-21,28,30-31H,17-19H2,1-5H3,(H,37,40)(H2,36,38,39)/t21?,28-,30+,31+,35+/m1/s1. The largest absolute Gasteiger partial charge is 0.497 e. The maximum Gasteiger partial charge on any atom is 0.163 e. The number of benzene rings is 2. The molecule has 5 atom stereocenters. The average Bonchev–Trinajstić information content (AvgIpc) is 3.67. The van der Waals surface area contributed by atoms with E-state index in [0.717, 1.165) is 46.3 Å². The lowest BCUT2D eigenvalue weighted by Crippen LogP contribution is -2.34. The zero-order chi connectivity index (χ0) is 30.6. The Morgan fingerprint density at radius 2 is 1.84 bits per heavy atom. The van der Waals surface area contributed by atoms with Crippen molar-refractivity contribution in [2.45, 2.75) is 77.0 Å². The number of ether oxygens (including phenoxy) is 3. The van der Waals surface area contributed by atoms with Crippen molar-refractivity contribution in [3.8, 4) is 5.75 Å². The minimum atomic E-state index is -0.655. The summed E-state index contributed by atoms with van der Waals surface area (Å²) in [5.74, 6) is 1.83. The molecule has 3 N–H and O–H groups in total. The number of nitrogens with two attached hydrogens (primary N) is 1. The van der Waals surface area contributed by atoms with Crippen LogP contribution in [0.15, 0.2) is 73.2 Å². The average molecular weight is 593 g/mol. The zero-order valence-corrected chi connectivity index (χ0v) is 25.9. The number of hydrogen-bond donors (Lipinski definition) is 2. The molecule has 9 nitrogen and oxygen atoms in total. The van der Waals surface area contributed by atoms with Crippen molar-refractivity contribution in [2.24, 2.45) is 5.41 Å². The van der Waals surface area contributed by atoms with E-state index in [1.807, 2.05) is 38.1 Å². The Hall–Kier alpha value is -4.21. The lowest BCUT2D eigenvalue weighted by atomic mass is 9.76. The number of methoxy groups -OCH3 is 1. The van der Waals surface area contributed by atoms with Crippen molar-refractivity contribution in [3.63, 3.8) is 0 Å². The van der Waals surface area contributed by atoms with Gasteiger partial charge in [0.1, 0.15) is 35.5 Å². The maximum absolute atomic E-state index is 6.63. The molecule has 3 aromatic heterocycles. The van der Waals surface area contributed by atoms with Crippen LogP contribution in [0.3, 0.4) is 0 Å². The van der Waals surface area contributed by atoms with Crippen LogP contribution >= 0.6 is 0 Å². The molecule has 2 aliphatic rings. The zero-order valence-electron chi connectivity index (χ0n) is 25.9. The number of nitrogens with one attached hydrogen (secondary N) is 1. The molecule has 1 saturated heterocycles. The van der Waals surface area contributed by atoms with Gasteiger partial charge in [-0.3, -0.25) is 0 Å². The Bertz CT molecular complexity index is 1820. The second-order valence-electron chi connectivity index (χ2n) is 13.1. The summed E-state index contributed by atoms with van der Waals surface area (Å²) < 4.78 is 20.7. The molecule has 1 saturated carbocycles. The topological polar surface area (TPSA) is 109 Å². The fourth-order valence-electron chi connectivity index (χ4n) is 7.33. The highest BCUT2D eigenvalue weighted by Crippen LogP contribution is 2.57. The van der Waals surface area contributed by atoms with Crippen molar-refractivity contribution in [1.29, 1.82) is 0 Å². The van der Waals surface area contributed by atoms with E-state index in [1.165, 1.54) is 17.5 Å². The van der Waals surface area contributed by atoms with E-state index in [1.54, 1.807) is 7.11 Å². The lowest BCUT2D eigenvalue weighted by Gasteiger charge is -2.34. The van der Waals surface area contributed by atoms with Crippen LogP contribution in [0.25, 0.3) is 21.9 Å². The van der Waals surface area contributed by atoms with Crippen LogP contribution in [-0.2, 0) is 16.0 Å². The molecule has 1 aliphatic heterocycles. The summed E-state index contributed by atoms with van der Waals surface area (Å²) in [6.45, 7) is 9.36. The van der Waals surface area contributed by atoms with Gasteiger partial charge in [0.05, 0.1) is 30.2 Å². The van der Waals surface area contributed by atoms with E-state index in [-0.39, 0.29) is 29.6 Å². The van der Waals surface area contributed by atoms with Crippen molar-refractivity contribution in [1.82, 2.24) is 19.5 Å². The van der Waals surface area contributed by atoms with Crippen LogP contribution in [0.4, 0.5) is 11.6 Å². The van der Waals surface area contributed by atoms with E-state index >= 15 is 0 Å². The predicted molar refractivity (Wildman–Crippen MR) is 173 cm³/mol. The van der Waals surface area contributed by atoms with Gasteiger partial charge in [0, 0.05) is 18.1 Å². The molecule has 5 aromatic rings. The summed E-state index contributed by atoms with van der Waals surface area (Å²) >= 11 is 0. The van der Waals surface area contributed by atoms with Gasteiger partial charge in [-0.2, -0.15) is 0 Å². The predicted octanol–water partition coefficient (Wildman–Crippen LogP) is 6.85. The normalized spacial score (nSPS) is 24.9. The first-order valence-electron chi connectivity index (χ1n) is 15.3. The minimum absolute atomic E-state index is 0.0473. The number of fused-ring (bicyclic) bond motifs is 3. The second-order valence-corrected chi connectivity index (χ2v) is 13.1. The fraction of sp³-hybridized carbons (Fsp3) is 0.400. The fourth-order valence-corrected chi connectivity index (χ4v) is 7.33. The van der Waals surface area contributed by atoms with Crippen LogP contribution in [0.2, 0.25) is 0 Å². The summed E-state index contributed by atoms with van der Waals surface area (Å²) in [5, 5.41) is 5.46. The molecule has 0 bridgehead atoms. The Kier molecular flexibility index (Phi) is 6.98. The van der Waals surface area contributed by atoms with Crippen LogP contribution in [-0.4, -0.2) is 44.6 Å². The molecule has 2 fully saturated rings. The second kappa shape index (κ2) is 10.7. The summed E-state index contributed by atoms with van der Waals surface area (Å²) in [7, 11) is 1.68. The van der Waals surface area contributed by atoms with E-state index < -0.39 is 5.79 Å². The SMILES string of the molecule is COc1ccc(CNc2ccc3ccc(C(C)C[C@@]4(C)C[C@@H](n5ccc6c(N)ncnc65)[C@@H]5OC(C)(C)O[C@@H]54)cc3n2)cc1.